The van der Waals surface area contributed by atoms with E-state index in [0.29, 0.717) is 6.61 Å². The van der Waals surface area contributed by atoms with Crippen molar-refractivity contribution in [2.24, 2.45) is 10.7 Å². The first-order chi connectivity index (χ1) is 8.59. The van der Waals surface area contributed by atoms with Gasteiger partial charge in [-0.15, -0.1) is 0 Å². The number of benzene rings is 1. The lowest BCUT2D eigenvalue weighted by molar-refractivity contribution is -0.140. The summed E-state index contributed by atoms with van der Waals surface area (Å²) in [5.74, 6) is -1.04. The topological polar surface area (TPSA) is 84.9 Å². The number of ether oxygens (including phenoxy) is 1. The largest absolute Gasteiger partial charge is 0.480 e. The number of fused-ring (bicyclic) bond motifs is 1. The Bertz CT molecular complexity index is 487. The van der Waals surface area contributed by atoms with Gasteiger partial charge in [-0.3, -0.25) is 9.79 Å². The number of aliphatic imine (C=N–C) groups is 1. The minimum atomic E-state index is -1.04. The SMILES string of the molecule is CCOC1(C[C@H](N)C(=O)O)C=Nc2ccccc21. The molecule has 1 unspecified atom stereocenters. The average molecular weight is 248 g/mol. The fraction of sp³-hybridized carbons (Fsp3) is 0.385. The van der Waals surface area contributed by atoms with E-state index in [1.807, 2.05) is 31.2 Å². The van der Waals surface area contributed by atoms with Gasteiger partial charge in [0.1, 0.15) is 11.6 Å². The van der Waals surface area contributed by atoms with E-state index in [-0.39, 0.29) is 6.42 Å². The van der Waals surface area contributed by atoms with Gasteiger partial charge in [0.25, 0.3) is 0 Å². The first-order valence-corrected chi connectivity index (χ1v) is 5.86. The Labute approximate surface area is 105 Å². The number of carboxylic acid groups (broad SMARTS) is 1. The number of para-hydroxylation sites is 1. The van der Waals surface area contributed by atoms with Crippen LogP contribution in [0.15, 0.2) is 29.3 Å². The molecule has 1 aliphatic heterocycles. The second kappa shape index (κ2) is 4.88. The molecule has 0 radical (unpaired) electrons. The van der Waals surface area contributed by atoms with E-state index < -0.39 is 17.6 Å². The van der Waals surface area contributed by atoms with Gasteiger partial charge in [0.05, 0.1) is 5.69 Å². The molecule has 2 atom stereocenters. The van der Waals surface area contributed by atoms with Crippen LogP contribution in [0.4, 0.5) is 5.69 Å². The number of aliphatic carboxylic acids is 1. The van der Waals surface area contributed by atoms with Crippen LogP contribution in [0.1, 0.15) is 18.9 Å². The van der Waals surface area contributed by atoms with Crippen LogP contribution in [0.5, 0.6) is 0 Å². The summed E-state index contributed by atoms with van der Waals surface area (Å²) >= 11 is 0. The molecule has 0 bridgehead atoms. The van der Waals surface area contributed by atoms with Crippen molar-refractivity contribution < 1.29 is 14.6 Å². The molecule has 1 aromatic carbocycles. The van der Waals surface area contributed by atoms with Crippen LogP contribution in [0, 0.1) is 0 Å². The van der Waals surface area contributed by atoms with Crippen molar-refractivity contribution in [1.82, 2.24) is 0 Å². The highest BCUT2D eigenvalue weighted by molar-refractivity contribution is 5.85. The molecule has 96 valence electrons. The Balaban J connectivity index is 2.35. The zero-order valence-electron chi connectivity index (χ0n) is 10.2. The highest BCUT2D eigenvalue weighted by Crippen LogP contribution is 2.40. The first kappa shape index (κ1) is 12.7. The fourth-order valence-corrected chi connectivity index (χ4v) is 2.20. The molecule has 1 heterocycles. The van der Waals surface area contributed by atoms with Crippen LogP contribution >= 0.6 is 0 Å². The maximum atomic E-state index is 10.9. The van der Waals surface area contributed by atoms with Crippen molar-refractivity contribution in [3.05, 3.63) is 29.8 Å². The Morgan fingerprint density at radius 2 is 2.28 bits per heavy atom. The summed E-state index contributed by atoms with van der Waals surface area (Å²) in [4.78, 5) is 15.2. The molecule has 0 saturated carbocycles. The van der Waals surface area contributed by atoms with Crippen LogP contribution in [0.2, 0.25) is 0 Å². The van der Waals surface area contributed by atoms with Crippen molar-refractivity contribution in [3.8, 4) is 0 Å². The van der Waals surface area contributed by atoms with Crippen LogP contribution in [-0.2, 0) is 15.1 Å². The van der Waals surface area contributed by atoms with E-state index >= 15 is 0 Å². The molecule has 5 nitrogen and oxygen atoms in total. The zero-order valence-corrected chi connectivity index (χ0v) is 10.2. The second-order valence-corrected chi connectivity index (χ2v) is 4.25. The molecule has 0 aliphatic carbocycles. The fourth-order valence-electron chi connectivity index (χ4n) is 2.20. The predicted molar refractivity (Wildman–Crippen MR) is 68.1 cm³/mol. The molecular formula is C13H16N2O3. The third-order valence-electron chi connectivity index (χ3n) is 3.01. The summed E-state index contributed by atoms with van der Waals surface area (Å²) in [7, 11) is 0. The van der Waals surface area contributed by atoms with Gasteiger partial charge in [-0.1, -0.05) is 18.2 Å². The van der Waals surface area contributed by atoms with E-state index in [9.17, 15) is 4.79 Å². The summed E-state index contributed by atoms with van der Waals surface area (Å²) in [6.07, 6.45) is 1.83. The van der Waals surface area contributed by atoms with Crippen molar-refractivity contribution in [2.45, 2.75) is 25.0 Å². The minimum absolute atomic E-state index is 0.177. The molecule has 0 spiro atoms. The number of carboxylic acids is 1. The monoisotopic (exact) mass is 248 g/mol. The van der Waals surface area contributed by atoms with Crippen LogP contribution in [0.3, 0.4) is 0 Å². The molecule has 18 heavy (non-hydrogen) atoms. The van der Waals surface area contributed by atoms with Gasteiger partial charge in [0.2, 0.25) is 0 Å². The molecule has 2 rings (SSSR count). The molecule has 0 fully saturated rings. The smallest absolute Gasteiger partial charge is 0.320 e. The van der Waals surface area contributed by atoms with E-state index in [1.165, 1.54) is 0 Å². The van der Waals surface area contributed by atoms with Crippen LogP contribution in [-0.4, -0.2) is 29.9 Å². The number of nitrogens with zero attached hydrogens (tertiary/aromatic N) is 1. The molecular weight excluding hydrogens is 232 g/mol. The maximum absolute atomic E-state index is 10.9. The molecule has 0 saturated heterocycles. The maximum Gasteiger partial charge on any atom is 0.320 e. The van der Waals surface area contributed by atoms with Gasteiger partial charge in [-0.05, 0) is 13.0 Å². The van der Waals surface area contributed by atoms with Gasteiger partial charge in [-0.2, -0.15) is 0 Å². The third kappa shape index (κ3) is 2.14. The quantitative estimate of drug-likeness (QED) is 0.825. The average Bonchev–Trinajstić information content (AvgIpc) is 2.69. The van der Waals surface area contributed by atoms with Crippen molar-refractivity contribution in [1.29, 1.82) is 0 Å². The van der Waals surface area contributed by atoms with E-state index in [4.69, 9.17) is 15.6 Å². The normalized spacial score (nSPS) is 22.8. The third-order valence-corrected chi connectivity index (χ3v) is 3.01. The second-order valence-electron chi connectivity index (χ2n) is 4.25. The Morgan fingerprint density at radius 3 is 2.94 bits per heavy atom. The molecule has 1 aliphatic rings. The standard InChI is InChI=1S/C13H16N2O3/c1-2-18-13(7-10(14)12(16)17)8-15-11-6-4-3-5-9(11)13/h3-6,8,10H,2,7,14H2,1H3,(H,16,17)/t10-,13?/m0/s1. The van der Waals surface area contributed by atoms with Crippen molar-refractivity contribution >= 4 is 17.9 Å². The number of hydrogen-bond donors (Lipinski definition) is 2. The minimum Gasteiger partial charge on any atom is -0.480 e. The molecule has 0 aromatic heterocycles. The Kier molecular flexibility index (Phi) is 3.45. The first-order valence-electron chi connectivity index (χ1n) is 5.86. The van der Waals surface area contributed by atoms with Crippen LogP contribution < -0.4 is 5.73 Å². The predicted octanol–water partition coefficient (Wildman–Crippen LogP) is 1.44. The summed E-state index contributed by atoms with van der Waals surface area (Å²) in [5.41, 5.74) is 6.50. The van der Waals surface area contributed by atoms with E-state index in [2.05, 4.69) is 4.99 Å². The molecule has 3 N–H and O–H groups in total. The van der Waals surface area contributed by atoms with Crippen molar-refractivity contribution in [2.75, 3.05) is 6.61 Å². The zero-order chi connectivity index (χ0) is 13.2. The van der Waals surface area contributed by atoms with E-state index in [1.54, 1.807) is 6.21 Å². The highest BCUT2D eigenvalue weighted by Gasteiger charge is 2.39. The van der Waals surface area contributed by atoms with Gasteiger partial charge in [-0.25, -0.2) is 0 Å². The molecule has 0 amide bonds. The Morgan fingerprint density at radius 1 is 1.56 bits per heavy atom. The number of rotatable bonds is 5. The summed E-state index contributed by atoms with van der Waals surface area (Å²) in [6, 6.07) is 6.56. The lowest BCUT2D eigenvalue weighted by atomic mass is 9.89. The number of carbonyl (C=O) groups is 1. The lowest BCUT2D eigenvalue weighted by Gasteiger charge is -2.29. The Hall–Kier alpha value is -1.72. The van der Waals surface area contributed by atoms with Gasteiger partial charge in [0, 0.05) is 24.8 Å². The van der Waals surface area contributed by atoms with Gasteiger partial charge >= 0.3 is 5.97 Å². The van der Waals surface area contributed by atoms with E-state index in [0.717, 1.165) is 11.3 Å². The lowest BCUT2D eigenvalue weighted by Crippen LogP contribution is -2.41. The highest BCUT2D eigenvalue weighted by atomic mass is 16.5. The number of hydrogen-bond acceptors (Lipinski definition) is 4. The molecule has 1 aromatic rings. The van der Waals surface area contributed by atoms with Gasteiger partial charge in [0.15, 0.2) is 0 Å². The van der Waals surface area contributed by atoms with Gasteiger partial charge < -0.3 is 15.6 Å². The summed E-state index contributed by atoms with van der Waals surface area (Å²) in [6.45, 7) is 2.33. The summed E-state index contributed by atoms with van der Waals surface area (Å²) in [5, 5.41) is 8.95. The van der Waals surface area contributed by atoms with Crippen LogP contribution in [0.25, 0.3) is 0 Å². The number of nitrogens with two attached hydrogens (primary N) is 1. The molecule has 5 heteroatoms. The van der Waals surface area contributed by atoms with Crippen molar-refractivity contribution in [3.63, 3.8) is 0 Å². The summed E-state index contributed by atoms with van der Waals surface area (Å²) < 4.78 is 5.75.